The van der Waals surface area contributed by atoms with Crippen molar-refractivity contribution in [2.24, 2.45) is 5.92 Å². The number of carbonyl (C=O) groups is 1. The van der Waals surface area contributed by atoms with E-state index in [2.05, 4.69) is 4.52 Å². The van der Waals surface area contributed by atoms with Crippen molar-refractivity contribution in [2.45, 2.75) is 25.6 Å². The van der Waals surface area contributed by atoms with Gasteiger partial charge in [0.05, 0.1) is 12.2 Å². The Labute approximate surface area is 91.6 Å². The van der Waals surface area contributed by atoms with Crippen molar-refractivity contribution in [3.63, 3.8) is 0 Å². The fourth-order valence-electron chi connectivity index (χ4n) is 1.49. The molecule has 1 rings (SSSR count). The van der Waals surface area contributed by atoms with Gasteiger partial charge in [-0.3, -0.25) is 4.52 Å². The minimum absolute atomic E-state index is 0.0580. The fourth-order valence-corrected chi connectivity index (χ4v) is 2.06. The van der Waals surface area contributed by atoms with E-state index in [4.69, 9.17) is 14.9 Å². The van der Waals surface area contributed by atoms with Gasteiger partial charge in [0.15, 0.2) is 0 Å². The summed E-state index contributed by atoms with van der Waals surface area (Å²) in [6, 6.07) is 0. The van der Waals surface area contributed by atoms with Crippen molar-refractivity contribution >= 4 is 13.8 Å². The molecule has 0 aromatic rings. The predicted molar refractivity (Wildman–Crippen MR) is 52.4 cm³/mol. The van der Waals surface area contributed by atoms with Crippen LogP contribution in [0.4, 0.5) is 0 Å². The summed E-state index contributed by atoms with van der Waals surface area (Å²) in [4.78, 5) is 27.9. The van der Waals surface area contributed by atoms with E-state index in [1.165, 1.54) is 6.92 Å². The lowest BCUT2D eigenvalue weighted by Crippen LogP contribution is -2.35. The second-order valence-corrected chi connectivity index (χ2v) is 4.88. The van der Waals surface area contributed by atoms with Gasteiger partial charge in [-0.25, -0.2) is 9.36 Å². The average Bonchev–Trinajstić information content (AvgIpc) is 2.10. The van der Waals surface area contributed by atoms with Crippen molar-refractivity contribution < 1.29 is 33.9 Å². The number of carboxylic acids is 1. The molecule has 0 aromatic heterocycles. The Morgan fingerprint density at radius 1 is 1.56 bits per heavy atom. The van der Waals surface area contributed by atoms with Crippen LogP contribution in [-0.2, 0) is 13.9 Å². The number of aliphatic hydroxyl groups excluding tert-OH is 1. The van der Waals surface area contributed by atoms with E-state index in [1.807, 2.05) is 0 Å². The van der Waals surface area contributed by atoms with Gasteiger partial charge >= 0.3 is 13.8 Å². The molecule has 0 aliphatic heterocycles. The number of aliphatic hydroxyl groups is 1. The molecule has 1 aliphatic rings. The summed E-state index contributed by atoms with van der Waals surface area (Å²) in [7, 11) is -4.70. The zero-order valence-electron chi connectivity index (χ0n) is 8.48. The molecular weight excluding hydrogens is 239 g/mol. The molecule has 4 N–H and O–H groups in total. The predicted octanol–water partition coefficient (Wildman–Crippen LogP) is -0.124. The molecule has 92 valence electrons. The summed E-state index contributed by atoms with van der Waals surface area (Å²) in [6.45, 7) is 1.53. The molecule has 3 atom stereocenters. The van der Waals surface area contributed by atoms with Crippen LogP contribution < -0.4 is 0 Å². The van der Waals surface area contributed by atoms with Crippen LogP contribution in [0.25, 0.3) is 0 Å². The lowest BCUT2D eigenvalue weighted by atomic mass is 9.86. The van der Waals surface area contributed by atoms with E-state index in [0.717, 1.165) is 6.08 Å². The Morgan fingerprint density at radius 3 is 2.56 bits per heavy atom. The zero-order valence-corrected chi connectivity index (χ0v) is 9.37. The highest BCUT2D eigenvalue weighted by Crippen LogP contribution is 2.41. The topological polar surface area (TPSA) is 124 Å². The molecule has 0 saturated heterocycles. The molecular formula is C8H13O7P. The average molecular weight is 252 g/mol. The van der Waals surface area contributed by atoms with Crippen molar-refractivity contribution in [1.29, 1.82) is 0 Å². The third-order valence-electron chi connectivity index (χ3n) is 2.45. The van der Waals surface area contributed by atoms with Gasteiger partial charge in [0.1, 0.15) is 0 Å². The van der Waals surface area contributed by atoms with Gasteiger partial charge in [0, 0.05) is 17.9 Å². The van der Waals surface area contributed by atoms with Crippen LogP contribution in [0.5, 0.6) is 0 Å². The van der Waals surface area contributed by atoms with Gasteiger partial charge < -0.3 is 20.0 Å². The smallest absolute Gasteiger partial charge is 0.470 e. The number of hydrogen-bond acceptors (Lipinski definition) is 4. The fraction of sp³-hybridized carbons (Fsp3) is 0.625. The summed E-state index contributed by atoms with van der Waals surface area (Å²) in [6.07, 6.45) is -1.03. The highest BCUT2D eigenvalue weighted by Gasteiger charge is 2.35. The second kappa shape index (κ2) is 4.65. The summed E-state index contributed by atoms with van der Waals surface area (Å²) < 4.78 is 15.1. The summed E-state index contributed by atoms with van der Waals surface area (Å²) >= 11 is 0. The van der Waals surface area contributed by atoms with E-state index in [-0.39, 0.29) is 12.0 Å². The number of phosphoric acid groups is 1. The molecule has 8 heteroatoms. The van der Waals surface area contributed by atoms with Crippen molar-refractivity contribution in [1.82, 2.24) is 0 Å². The van der Waals surface area contributed by atoms with Crippen LogP contribution in [0.3, 0.4) is 0 Å². The molecule has 0 fully saturated rings. The van der Waals surface area contributed by atoms with Gasteiger partial charge in [-0.15, -0.1) is 0 Å². The van der Waals surface area contributed by atoms with E-state index in [0.29, 0.717) is 0 Å². The maximum atomic E-state index is 10.7. The van der Waals surface area contributed by atoms with Crippen molar-refractivity contribution in [2.75, 3.05) is 0 Å². The first kappa shape index (κ1) is 13.3. The number of rotatable bonds is 3. The molecule has 0 radical (unpaired) electrons. The Morgan fingerprint density at radius 2 is 2.12 bits per heavy atom. The third-order valence-corrected chi connectivity index (χ3v) is 2.97. The normalized spacial score (nSPS) is 31.0. The Bertz CT molecular complexity index is 357. The van der Waals surface area contributed by atoms with Gasteiger partial charge in [-0.1, -0.05) is 6.92 Å². The van der Waals surface area contributed by atoms with Crippen LogP contribution in [0.15, 0.2) is 11.6 Å². The lowest BCUT2D eigenvalue weighted by Gasteiger charge is -2.30. The van der Waals surface area contributed by atoms with Gasteiger partial charge in [-0.2, -0.15) is 0 Å². The van der Waals surface area contributed by atoms with Crippen LogP contribution in [-0.4, -0.2) is 38.2 Å². The maximum absolute atomic E-state index is 10.7. The Balaban J connectivity index is 2.92. The Kier molecular flexibility index (Phi) is 3.88. The molecule has 3 unspecified atom stereocenters. The van der Waals surface area contributed by atoms with Crippen LogP contribution in [0, 0.1) is 5.92 Å². The molecule has 16 heavy (non-hydrogen) atoms. The summed E-state index contributed by atoms with van der Waals surface area (Å²) in [5.41, 5.74) is -0.107. The first-order chi connectivity index (χ1) is 7.20. The number of aliphatic carboxylic acids is 1. The first-order valence-electron chi connectivity index (χ1n) is 4.56. The highest BCUT2D eigenvalue weighted by atomic mass is 31.2. The lowest BCUT2D eigenvalue weighted by molar-refractivity contribution is -0.133. The molecule has 0 bridgehead atoms. The van der Waals surface area contributed by atoms with Gasteiger partial charge in [0.25, 0.3) is 0 Å². The second-order valence-electron chi connectivity index (χ2n) is 3.69. The maximum Gasteiger partial charge on any atom is 0.470 e. The van der Waals surface area contributed by atoms with E-state index < -0.39 is 31.9 Å². The third kappa shape index (κ3) is 3.40. The standard InChI is InChI=1S/C8H13O7P/c1-4-6(9)2-5(8(10)11)3-7(4)15-16(12,13)14/h3-4,6-7,9H,2H2,1H3,(H,10,11)(H2,12,13,14). The van der Waals surface area contributed by atoms with Gasteiger partial charge in [-0.05, 0) is 6.08 Å². The van der Waals surface area contributed by atoms with Crippen molar-refractivity contribution in [3.05, 3.63) is 11.6 Å². The molecule has 0 amide bonds. The Hall–Kier alpha value is -0.720. The first-order valence-corrected chi connectivity index (χ1v) is 6.09. The summed E-state index contributed by atoms with van der Waals surface area (Å²) in [5, 5.41) is 18.3. The SMILES string of the molecule is CC1C(O)CC(C(=O)O)=CC1OP(=O)(O)O. The molecule has 7 nitrogen and oxygen atoms in total. The molecule has 0 heterocycles. The van der Waals surface area contributed by atoms with E-state index in [1.54, 1.807) is 0 Å². The van der Waals surface area contributed by atoms with Crippen molar-refractivity contribution in [3.8, 4) is 0 Å². The van der Waals surface area contributed by atoms with Crippen LogP contribution in [0.1, 0.15) is 13.3 Å². The van der Waals surface area contributed by atoms with Crippen LogP contribution >= 0.6 is 7.82 Å². The molecule has 1 aliphatic carbocycles. The largest absolute Gasteiger partial charge is 0.478 e. The molecule has 0 aromatic carbocycles. The number of hydrogen-bond donors (Lipinski definition) is 4. The molecule has 0 spiro atoms. The minimum atomic E-state index is -4.70. The van der Waals surface area contributed by atoms with E-state index in [9.17, 15) is 14.5 Å². The van der Waals surface area contributed by atoms with E-state index >= 15 is 0 Å². The monoisotopic (exact) mass is 252 g/mol. The minimum Gasteiger partial charge on any atom is -0.478 e. The highest BCUT2D eigenvalue weighted by molar-refractivity contribution is 7.46. The molecule has 0 saturated carbocycles. The van der Waals surface area contributed by atoms with Gasteiger partial charge in [0.2, 0.25) is 0 Å². The van der Waals surface area contributed by atoms with Crippen LogP contribution in [0.2, 0.25) is 0 Å². The quantitative estimate of drug-likeness (QED) is 0.516. The zero-order chi connectivity index (χ0) is 12.5. The number of carboxylic acid groups (broad SMARTS) is 1. The summed E-state index contributed by atoms with van der Waals surface area (Å²) in [5.74, 6) is -1.80. The number of phosphoric ester groups is 1.